The Labute approximate surface area is 97.1 Å². The van der Waals surface area contributed by atoms with Crippen LogP contribution in [-0.2, 0) is 9.63 Å². The molecule has 1 aromatic rings. The lowest BCUT2D eigenvalue weighted by molar-refractivity contribution is -0.119. The Morgan fingerprint density at radius 2 is 2.13 bits per heavy atom. The first-order valence-corrected chi connectivity index (χ1v) is 5.75. The van der Waals surface area contributed by atoms with Gasteiger partial charge < -0.3 is 0 Å². The van der Waals surface area contributed by atoms with Crippen molar-refractivity contribution in [3.05, 3.63) is 28.7 Å². The topological polar surface area (TPSA) is 29.5 Å². The fourth-order valence-corrected chi connectivity index (χ4v) is 1.79. The lowest BCUT2D eigenvalue weighted by Crippen LogP contribution is -2.22. The number of carbonyl (C=O) groups is 1. The summed E-state index contributed by atoms with van der Waals surface area (Å²) in [6, 6.07) is 7.51. The van der Waals surface area contributed by atoms with Gasteiger partial charge in [-0.3, -0.25) is 9.63 Å². The first-order valence-electron chi connectivity index (χ1n) is 4.96. The molecule has 1 aliphatic heterocycles. The van der Waals surface area contributed by atoms with Crippen molar-refractivity contribution in [3.8, 4) is 0 Å². The van der Waals surface area contributed by atoms with Crippen molar-refractivity contribution < 1.29 is 9.63 Å². The molecule has 2 rings (SSSR count). The number of anilines is 1. The molecule has 1 aromatic carbocycles. The van der Waals surface area contributed by atoms with Gasteiger partial charge in [0.1, 0.15) is 0 Å². The number of rotatable bonds is 2. The van der Waals surface area contributed by atoms with Gasteiger partial charge in [-0.05, 0) is 30.7 Å². The van der Waals surface area contributed by atoms with Crippen molar-refractivity contribution in [3.63, 3.8) is 0 Å². The Morgan fingerprint density at radius 3 is 2.67 bits per heavy atom. The molecule has 0 spiro atoms. The Hall–Kier alpha value is -0.870. The summed E-state index contributed by atoms with van der Waals surface area (Å²) in [6.07, 6.45) is 1.37. The van der Waals surface area contributed by atoms with E-state index in [4.69, 9.17) is 4.84 Å². The van der Waals surface area contributed by atoms with E-state index in [-0.39, 0.29) is 12.0 Å². The quantitative estimate of drug-likeness (QED) is 0.827. The summed E-state index contributed by atoms with van der Waals surface area (Å²) in [7, 11) is 0. The van der Waals surface area contributed by atoms with Crippen LogP contribution in [0.25, 0.3) is 0 Å². The smallest absolute Gasteiger partial charge is 0.253 e. The molecule has 4 heteroatoms. The molecule has 0 saturated carbocycles. The molecule has 1 fully saturated rings. The zero-order chi connectivity index (χ0) is 10.8. The average Bonchev–Trinajstić information content (AvgIpc) is 2.61. The number of hydrogen-bond donors (Lipinski definition) is 0. The maximum Gasteiger partial charge on any atom is 0.253 e. The summed E-state index contributed by atoms with van der Waals surface area (Å²) < 4.78 is 0.991. The molecule has 1 heterocycles. The minimum Gasteiger partial charge on any atom is -0.272 e. The zero-order valence-corrected chi connectivity index (χ0v) is 10.0. The number of hydroxylamine groups is 1. The lowest BCUT2D eigenvalue weighted by Gasteiger charge is -2.15. The molecule has 1 unspecified atom stereocenters. The van der Waals surface area contributed by atoms with Crippen LogP contribution in [0.15, 0.2) is 28.7 Å². The summed E-state index contributed by atoms with van der Waals surface area (Å²) in [5, 5.41) is 1.39. The van der Waals surface area contributed by atoms with Crippen LogP contribution in [0.4, 0.5) is 5.69 Å². The van der Waals surface area contributed by atoms with Crippen LogP contribution >= 0.6 is 15.9 Å². The Bertz CT molecular complexity index is 363. The molecule has 1 aliphatic rings. The molecule has 1 saturated heterocycles. The second-order valence-electron chi connectivity index (χ2n) is 3.50. The highest BCUT2D eigenvalue weighted by Crippen LogP contribution is 2.26. The van der Waals surface area contributed by atoms with Crippen molar-refractivity contribution in [1.29, 1.82) is 0 Å². The van der Waals surface area contributed by atoms with Gasteiger partial charge in [0.25, 0.3) is 5.91 Å². The molecule has 0 aromatic heterocycles. The van der Waals surface area contributed by atoms with Crippen molar-refractivity contribution in [2.75, 3.05) is 5.06 Å². The SMILES string of the molecule is CCC1CC(=O)N(c2ccc(Br)cc2)O1. The molecule has 1 atom stereocenters. The summed E-state index contributed by atoms with van der Waals surface area (Å²) >= 11 is 3.35. The van der Waals surface area contributed by atoms with Crippen LogP contribution in [0.2, 0.25) is 0 Å². The van der Waals surface area contributed by atoms with E-state index < -0.39 is 0 Å². The maximum atomic E-state index is 11.6. The first kappa shape index (κ1) is 10.6. The second-order valence-corrected chi connectivity index (χ2v) is 4.42. The van der Waals surface area contributed by atoms with E-state index in [1.54, 1.807) is 0 Å². The summed E-state index contributed by atoms with van der Waals surface area (Å²) in [4.78, 5) is 17.1. The first-order chi connectivity index (χ1) is 7.20. The summed E-state index contributed by atoms with van der Waals surface area (Å²) in [5.74, 6) is 0.0316. The van der Waals surface area contributed by atoms with Gasteiger partial charge in [0.15, 0.2) is 0 Å². The van der Waals surface area contributed by atoms with Gasteiger partial charge in [0.2, 0.25) is 0 Å². The number of carbonyl (C=O) groups excluding carboxylic acids is 1. The molecular weight excluding hydrogens is 258 g/mol. The molecular formula is C11H12BrNO2. The van der Waals surface area contributed by atoms with Crippen molar-refractivity contribution in [2.45, 2.75) is 25.9 Å². The van der Waals surface area contributed by atoms with E-state index >= 15 is 0 Å². The molecule has 0 bridgehead atoms. The summed E-state index contributed by atoms with van der Waals surface area (Å²) in [5.41, 5.74) is 0.791. The van der Waals surface area contributed by atoms with Crippen molar-refractivity contribution in [1.82, 2.24) is 0 Å². The number of amides is 1. The third-order valence-corrected chi connectivity index (χ3v) is 2.93. The van der Waals surface area contributed by atoms with Gasteiger partial charge in [-0.2, -0.15) is 5.06 Å². The van der Waals surface area contributed by atoms with Gasteiger partial charge in [0.05, 0.1) is 18.2 Å². The van der Waals surface area contributed by atoms with Crippen LogP contribution in [0.5, 0.6) is 0 Å². The fraction of sp³-hybridized carbons (Fsp3) is 0.364. The molecule has 0 radical (unpaired) electrons. The van der Waals surface area contributed by atoms with E-state index in [2.05, 4.69) is 15.9 Å². The van der Waals surface area contributed by atoms with E-state index in [1.807, 2.05) is 31.2 Å². The third-order valence-electron chi connectivity index (χ3n) is 2.40. The monoisotopic (exact) mass is 269 g/mol. The van der Waals surface area contributed by atoms with Crippen LogP contribution in [0.1, 0.15) is 19.8 Å². The van der Waals surface area contributed by atoms with Gasteiger partial charge in [-0.15, -0.1) is 0 Å². The van der Waals surface area contributed by atoms with E-state index in [0.717, 1.165) is 16.6 Å². The van der Waals surface area contributed by atoms with E-state index in [1.165, 1.54) is 5.06 Å². The normalized spacial score (nSPS) is 21.1. The number of hydrogen-bond acceptors (Lipinski definition) is 2. The molecule has 80 valence electrons. The average molecular weight is 270 g/mol. The molecule has 1 amide bonds. The van der Waals surface area contributed by atoms with Crippen molar-refractivity contribution >= 4 is 27.5 Å². The van der Waals surface area contributed by atoms with Crippen molar-refractivity contribution in [2.24, 2.45) is 0 Å². The van der Waals surface area contributed by atoms with Crippen LogP contribution in [0.3, 0.4) is 0 Å². The molecule has 0 N–H and O–H groups in total. The predicted molar refractivity (Wildman–Crippen MR) is 61.4 cm³/mol. The minimum atomic E-state index is 0.0288. The minimum absolute atomic E-state index is 0.0288. The van der Waals surface area contributed by atoms with Gasteiger partial charge in [-0.1, -0.05) is 22.9 Å². The zero-order valence-electron chi connectivity index (χ0n) is 8.44. The standard InChI is InChI=1S/C11H12BrNO2/c1-2-10-7-11(14)13(15-10)9-5-3-8(12)4-6-9/h3-6,10H,2,7H2,1H3. The molecule has 15 heavy (non-hydrogen) atoms. The summed E-state index contributed by atoms with van der Waals surface area (Å²) in [6.45, 7) is 2.02. The van der Waals surface area contributed by atoms with E-state index in [0.29, 0.717) is 6.42 Å². The highest BCUT2D eigenvalue weighted by Gasteiger charge is 2.30. The number of benzene rings is 1. The van der Waals surface area contributed by atoms with E-state index in [9.17, 15) is 4.79 Å². The maximum absolute atomic E-state index is 11.6. The Kier molecular flexibility index (Phi) is 3.07. The van der Waals surface area contributed by atoms with Crippen LogP contribution < -0.4 is 5.06 Å². The predicted octanol–water partition coefficient (Wildman–Crippen LogP) is 2.90. The van der Waals surface area contributed by atoms with Crippen LogP contribution in [0, 0.1) is 0 Å². The Morgan fingerprint density at radius 1 is 1.47 bits per heavy atom. The molecule has 0 aliphatic carbocycles. The largest absolute Gasteiger partial charge is 0.272 e. The highest BCUT2D eigenvalue weighted by molar-refractivity contribution is 9.10. The van der Waals surface area contributed by atoms with Gasteiger partial charge >= 0.3 is 0 Å². The second kappa shape index (κ2) is 4.33. The van der Waals surface area contributed by atoms with Gasteiger partial charge in [-0.25, -0.2) is 0 Å². The highest BCUT2D eigenvalue weighted by atomic mass is 79.9. The number of halogens is 1. The molecule has 3 nitrogen and oxygen atoms in total. The van der Waals surface area contributed by atoms with Crippen LogP contribution in [-0.4, -0.2) is 12.0 Å². The van der Waals surface area contributed by atoms with Gasteiger partial charge in [0, 0.05) is 4.47 Å². The fourth-order valence-electron chi connectivity index (χ4n) is 1.52. The lowest BCUT2D eigenvalue weighted by atomic mass is 10.2. The Balaban J connectivity index is 2.18. The third kappa shape index (κ3) is 2.21. The number of nitrogens with zero attached hydrogens (tertiary/aromatic N) is 1.